The number of benzene rings is 1. The summed E-state index contributed by atoms with van der Waals surface area (Å²) in [7, 11) is -0.483. The van der Waals surface area contributed by atoms with Crippen LogP contribution in [0, 0.1) is 0 Å². The molecular formula is C18H30N2O3S. The lowest BCUT2D eigenvalue weighted by atomic mass is 10.1. The van der Waals surface area contributed by atoms with Gasteiger partial charge in [-0.15, -0.1) is 0 Å². The molecular weight excluding hydrogens is 324 g/mol. The minimum Gasteiger partial charge on any atom is -0.352 e. The number of nitrogens with zero attached hydrogens (tertiary/aromatic N) is 1. The van der Waals surface area contributed by atoms with Gasteiger partial charge in [-0.2, -0.15) is 0 Å². The van der Waals surface area contributed by atoms with E-state index in [0.717, 1.165) is 17.1 Å². The second kappa shape index (κ2) is 10.5. The molecule has 0 bridgehead atoms. The van der Waals surface area contributed by atoms with Crippen LogP contribution in [0.15, 0.2) is 29.2 Å². The first-order valence-electron chi connectivity index (χ1n) is 8.70. The van der Waals surface area contributed by atoms with Crippen molar-refractivity contribution in [3.05, 3.63) is 29.8 Å². The lowest BCUT2D eigenvalue weighted by Gasteiger charge is -2.11. The molecule has 1 aromatic rings. The zero-order valence-corrected chi connectivity index (χ0v) is 15.9. The van der Waals surface area contributed by atoms with E-state index in [1.807, 2.05) is 0 Å². The van der Waals surface area contributed by atoms with E-state index in [1.165, 1.54) is 58.3 Å². The topological polar surface area (TPSA) is 66.5 Å². The monoisotopic (exact) mass is 354 g/mol. The summed E-state index contributed by atoms with van der Waals surface area (Å²) in [5.74, 6) is -0.158. The van der Waals surface area contributed by atoms with Gasteiger partial charge in [-0.1, -0.05) is 45.4 Å². The third-order valence-electron chi connectivity index (χ3n) is 3.96. The Kier molecular flexibility index (Phi) is 9.00. The Labute approximate surface area is 146 Å². The smallest absolute Gasteiger partial charge is 0.251 e. The Morgan fingerprint density at radius 1 is 0.958 bits per heavy atom. The van der Waals surface area contributed by atoms with Crippen LogP contribution in [0.3, 0.4) is 0 Å². The highest BCUT2D eigenvalue weighted by molar-refractivity contribution is 7.89. The van der Waals surface area contributed by atoms with Gasteiger partial charge in [0.1, 0.15) is 0 Å². The summed E-state index contributed by atoms with van der Waals surface area (Å²) in [6.45, 7) is 2.86. The van der Waals surface area contributed by atoms with Gasteiger partial charge in [-0.05, 0) is 30.7 Å². The number of hydrogen-bond donors (Lipinski definition) is 1. The Hall–Kier alpha value is -1.40. The molecule has 1 rings (SSSR count). The predicted octanol–water partition coefficient (Wildman–Crippen LogP) is 3.42. The number of hydrogen-bond acceptors (Lipinski definition) is 3. The fourth-order valence-electron chi connectivity index (χ4n) is 2.38. The Bertz CT molecular complexity index is 595. The van der Waals surface area contributed by atoms with Crippen molar-refractivity contribution < 1.29 is 13.2 Å². The maximum absolute atomic E-state index is 12.0. The lowest BCUT2D eigenvalue weighted by Crippen LogP contribution is -2.25. The van der Waals surface area contributed by atoms with Crippen molar-refractivity contribution in [1.82, 2.24) is 9.62 Å². The van der Waals surface area contributed by atoms with Crippen LogP contribution in [0.25, 0.3) is 0 Å². The van der Waals surface area contributed by atoms with Gasteiger partial charge in [-0.3, -0.25) is 4.79 Å². The Balaban J connectivity index is 2.36. The Morgan fingerprint density at radius 3 is 2.04 bits per heavy atom. The van der Waals surface area contributed by atoms with Gasteiger partial charge in [0, 0.05) is 26.2 Å². The largest absolute Gasteiger partial charge is 0.352 e. The molecule has 1 amide bonds. The zero-order chi connectivity index (χ0) is 18.0. The molecule has 0 aromatic heterocycles. The van der Waals surface area contributed by atoms with Gasteiger partial charge < -0.3 is 5.32 Å². The number of nitrogens with one attached hydrogen (secondary N) is 1. The van der Waals surface area contributed by atoms with Crippen LogP contribution in [0.2, 0.25) is 0 Å². The average Bonchev–Trinajstić information content (AvgIpc) is 2.57. The minimum atomic E-state index is -3.45. The number of carbonyl (C=O) groups excluding carboxylic acids is 1. The molecule has 1 aromatic carbocycles. The third-order valence-corrected chi connectivity index (χ3v) is 5.79. The van der Waals surface area contributed by atoms with Crippen LogP contribution in [-0.2, 0) is 10.0 Å². The average molecular weight is 355 g/mol. The molecule has 0 aliphatic carbocycles. The van der Waals surface area contributed by atoms with Crippen molar-refractivity contribution in [3.8, 4) is 0 Å². The number of unbranched alkanes of at least 4 members (excludes halogenated alkanes) is 6. The van der Waals surface area contributed by atoms with Crippen molar-refractivity contribution in [1.29, 1.82) is 0 Å². The van der Waals surface area contributed by atoms with E-state index >= 15 is 0 Å². The molecule has 0 saturated heterocycles. The molecule has 0 heterocycles. The maximum Gasteiger partial charge on any atom is 0.251 e. The predicted molar refractivity (Wildman–Crippen MR) is 97.6 cm³/mol. The SMILES string of the molecule is CCCCCCCCCNC(=O)c1ccc(S(=O)(=O)N(C)C)cc1. The first-order chi connectivity index (χ1) is 11.4. The number of rotatable bonds is 11. The van der Waals surface area contributed by atoms with Crippen molar-refractivity contribution in [2.45, 2.75) is 56.8 Å². The molecule has 0 aliphatic heterocycles. The lowest BCUT2D eigenvalue weighted by molar-refractivity contribution is 0.0953. The van der Waals surface area contributed by atoms with E-state index in [2.05, 4.69) is 12.2 Å². The van der Waals surface area contributed by atoms with Crippen molar-refractivity contribution in [3.63, 3.8) is 0 Å². The van der Waals surface area contributed by atoms with Gasteiger partial charge in [0.2, 0.25) is 10.0 Å². The standard InChI is InChI=1S/C18H30N2O3S/c1-4-5-6-7-8-9-10-15-19-18(21)16-11-13-17(14-12-16)24(22,23)20(2)3/h11-14H,4-10,15H2,1-3H3,(H,19,21). The van der Waals surface area contributed by atoms with E-state index in [9.17, 15) is 13.2 Å². The third kappa shape index (κ3) is 6.61. The van der Waals surface area contributed by atoms with E-state index in [4.69, 9.17) is 0 Å². The summed E-state index contributed by atoms with van der Waals surface area (Å²) in [5.41, 5.74) is 0.482. The molecule has 0 unspecified atom stereocenters. The fraction of sp³-hybridized carbons (Fsp3) is 0.611. The fourth-order valence-corrected chi connectivity index (χ4v) is 3.28. The van der Waals surface area contributed by atoms with E-state index in [1.54, 1.807) is 12.1 Å². The van der Waals surface area contributed by atoms with E-state index < -0.39 is 10.0 Å². The summed E-state index contributed by atoms with van der Waals surface area (Å²) in [4.78, 5) is 12.2. The van der Waals surface area contributed by atoms with Gasteiger partial charge in [0.15, 0.2) is 0 Å². The molecule has 0 aliphatic rings. The molecule has 136 valence electrons. The van der Waals surface area contributed by atoms with Crippen molar-refractivity contribution in [2.24, 2.45) is 0 Å². The summed E-state index contributed by atoms with van der Waals surface area (Å²) in [6.07, 6.45) is 8.44. The highest BCUT2D eigenvalue weighted by atomic mass is 32.2. The first kappa shape index (κ1) is 20.6. The first-order valence-corrected chi connectivity index (χ1v) is 10.1. The highest BCUT2D eigenvalue weighted by Gasteiger charge is 2.17. The molecule has 0 spiro atoms. The molecule has 24 heavy (non-hydrogen) atoms. The van der Waals surface area contributed by atoms with Crippen LogP contribution in [0.1, 0.15) is 62.2 Å². The summed E-state index contributed by atoms with van der Waals surface area (Å²) < 4.78 is 25.1. The molecule has 1 N–H and O–H groups in total. The molecule has 5 nitrogen and oxygen atoms in total. The molecule has 0 radical (unpaired) electrons. The normalized spacial score (nSPS) is 11.7. The van der Waals surface area contributed by atoms with Crippen LogP contribution in [0.5, 0.6) is 0 Å². The zero-order valence-electron chi connectivity index (χ0n) is 15.0. The highest BCUT2D eigenvalue weighted by Crippen LogP contribution is 2.14. The number of amides is 1. The van der Waals surface area contributed by atoms with Crippen LogP contribution < -0.4 is 5.32 Å². The van der Waals surface area contributed by atoms with Gasteiger partial charge in [-0.25, -0.2) is 12.7 Å². The number of sulfonamides is 1. The van der Waals surface area contributed by atoms with Crippen LogP contribution in [0.4, 0.5) is 0 Å². The van der Waals surface area contributed by atoms with Crippen LogP contribution >= 0.6 is 0 Å². The Morgan fingerprint density at radius 2 is 1.50 bits per heavy atom. The minimum absolute atomic E-state index is 0.158. The van der Waals surface area contributed by atoms with Crippen LogP contribution in [-0.4, -0.2) is 39.3 Å². The molecule has 6 heteroatoms. The van der Waals surface area contributed by atoms with E-state index in [0.29, 0.717) is 12.1 Å². The summed E-state index contributed by atoms with van der Waals surface area (Å²) >= 11 is 0. The van der Waals surface area contributed by atoms with Crippen molar-refractivity contribution >= 4 is 15.9 Å². The van der Waals surface area contributed by atoms with Gasteiger partial charge in [0.25, 0.3) is 5.91 Å². The van der Waals surface area contributed by atoms with Gasteiger partial charge >= 0.3 is 0 Å². The maximum atomic E-state index is 12.0. The number of carbonyl (C=O) groups is 1. The molecule has 0 saturated carbocycles. The quantitative estimate of drug-likeness (QED) is 0.619. The van der Waals surface area contributed by atoms with Gasteiger partial charge in [0.05, 0.1) is 4.90 Å². The second-order valence-corrected chi connectivity index (χ2v) is 8.34. The molecule has 0 fully saturated rings. The summed E-state index contributed by atoms with van der Waals surface area (Å²) in [5, 5.41) is 2.88. The molecule has 0 atom stereocenters. The summed E-state index contributed by atoms with van der Waals surface area (Å²) in [6, 6.07) is 6.04. The second-order valence-electron chi connectivity index (χ2n) is 6.19. The van der Waals surface area contributed by atoms with Crippen molar-refractivity contribution in [2.75, 3.05) is 20.6 Å². The van der Waals surface area contributed by atoms with E-state index in [-0.39, 0.29) is 10.8 Å².